The first-order valence-electron chi connectivity index (χ1n) is 8.11. The highest BCUT2D eigenvalue weighted by Gasteiger charge is 2.28. The molecular formula is C18H17F3N4O2S. The van der Waals surface area contributed by atoms with Crippen LogP contribution >= 0.6 is 11.8 Å². The van der Waals surface area contributed by atoms with Crippen LogP contribution in [0.4, 0.5) is 13.2 Å². The summed E-state index contributed by atoms with van der Waals surface area (Å²) in [6.07, 6.45) is -4.42. The van der Waals surface area contributed by atoms with E-state index in [4.69, 9.17) is 0 Å². The second-order valence-electron chi connectivity index (χ2n) is 5.76. The fourth-order valence-electron chi connectivity index (χ4n) is 2.21. The Balaban J connectivity index is 1.89. The average molecular weight is 410 g/mol. The van der Waals surface area contributed by atoms with E-state index >= 15 is 0 Å². The van der Waals surface area contributed by atoms with Gasteiger partial charge in [0.15, 0.2) is 6.61 Å². The van der Waals surface area contributed by atoms with Gasteiger partial charge in [-0.25, -0.2) is 9.97 Å². The molecule has 0 radical (unpaired) electrons. The first-order chi connectivity index (χ1) is 13.2. The van der Waals surface area contributed by atoms with E-state index in [-0.39, 0.29) is 24.0 Å². The van der Waals surface area contributed by atoms with Crippen LogP contribution in [-0.2, 0) is 11.3 Å². The van der Waals surface area contributed by atoms with Crippen LogP contribution in [0.2, 0.25) is 0 Å². The molecule has 0 atom stereocenters. The number of nitrogens with one attached hydrogen (secondary N) is 1. The van der Waals surface area contributed by atoms with Crippen LogP contribution in [0, 0.1) is 25.2 Å². The number of hydrogen-bond donors (Lipinski definition) is 1. The van der Waals surface area contributed by atoms with Gasteiger partial charge in [-0.15, -0.1) is 0 Å². The minimum Gasteiger partial charge on any atom is -0.484 e. The van der Waals surface area contributed by atoms with Crippen molar-refractivity contribution in [3.05, 3.63) is 46.9 Å². The predicted molar refractivity (Wildman–Crippen MR) is 96.8 cm³/mol. The number of alkyl halides is 3. The molecule has 1 amide bonds. The summed E-state index contributed by atoms with van der Waals surface area (Å²) in [5, 5.41) is 12.3. The highest BCUT2D eigenvalue weighted by atomic mass is 32.2. The van der Waals surface area contributed by atoms with Crippen molar-refractivity contribution in [2.45, 2.75) is 31.6 Å². The van der Waals surface area contributed by atoms with Gasteiger partial charge in [-0.2, -0.15) is 18.4 Å². The number of aromatic nitrogens is 2. The monoisotopic (exact) mass is 410 g/mol. The third-order valence-corrected chi connectivity index (χ3v) is 4.39. The highest BCUT2D eigenvalue weighted by Crippen LogP contribution is 2.22. The molecule has 0 aliphatic carbocycles. The van der Waals surface area contributed by atoms with Crippen molar-refractivity contribution >= 4 is 17.7 Å². The third-order valence-electron chi connectivity index (χ3n) is 3.41. The van der Waals surface area contributed by atoms with Crippen molar-refractivity contribution in [3.63, 3.8) is 0 Å². The lowest BCUT2D eigenvalue weighted by molar-refractivity contribution is -0.153. The van der Waals surface area contributed by atoms with Gasteiger partial charge in [0.2, 0.25) is 5.91 Å². The molecule has 0 aliphatic heterocycles. The quantitative estimate of drug-likeness (QED) is 0.557. The number of carbonyl (C=O) groups excluding carboxylic acids is 1. The molecule has 0 saturated heterocycles. The minimum absolute atomic E-state index is 0.0365. The van der Waals surface area contributed by atoms with Crippen LogP contribution in [0.5, 0.6) is 5.75 Å². The molecule has 10 heteroatoms. The highest BCUT2D eigenvalue weighted by molar-refractivity contribution is 8.00. The Kier molecular flexibility index (Phi) is 7.23. The van der Waals surface area contributed by atoms with Crippen molar-refractivity contribution in [1.29, 1.82) is 5.26 Å². The Morgan fingerprint density at radius 2 is 2.07 bits per heavy atom. The minimum atomic E-state index is -4.42. The van der Waals surface area contributed by atoms with Gasteiger partial charge >= 0.3 is 6.18 Å². The smallest absolute Gasteiger partial charge is 0.422 e. The molecule has 2 rings (SSSR count). The lowest BCUT2D eigenvalue weighted by Gasteiger charge is -2.11. The first-order valence-corrected chi connectivity index (χ1v) is 9.10. The molecule has 1 aromatic carbocycles. The Labute approximate surface area is 164 Å². The number of ether oxygens (including phenoxy) is 1. The van der Waals surface area contributed by atoms with E-state index in [2.05, 4.69) is 20.0 Å². The normalized spacial score (nSPS) is 11.0. The van der Waals surface area contributed by atoms with E-state index < -0.39 is 12.8 Å². The van der Waals surface area contributed by atoms with Gasteiger partial charge < -0.3 is 10.1 Å². The van der Waals surface area contributed by atoms with Crippen molar-refractivity contribution in [3.8, 4) is 11.8 Å². The van der Waals surface area contributed by atoms with Gasteiger partial charge in [0.25, 0.3) is 0 Å². The van der Waals surface area contributed by atoms with E-state index in [9.17, 15) is 23.2 Å². The molecule has 0 bridgehead atoms. The number of nitrogens with zero attached hydrogens (tertiary/aromatic N) is 3. The molecule has 0 fully saturated rings. The van der Waals surface area contributed by atoms with E-state index in [1.807, 2.05) is 6.07 Å². The fraction of sp³-hybridized carbons (Fsp3) is 0.333. The van der Waals surface area contributed by atoms with Crippen LogP contribution in [0.3, 0.4) is 0 Å². The van der Waals surface area contributed by atoms with Crippen LogP contribution in [0.25, 0.3) is 0 Å². The number of carbonyl (C=O) groups is 1. The summed E-state index contributed by atoms with van der Waals surface area (Å²) >= 11 is 1.12. The summed E-state index contributed by atoms with van der Waals surface area (Å²) in [7, 11) is 0. The lowest BCUT2D eigenvalue weighted by Crippen LogP contribution is -2.24. The zero-order valence-electron chi connectivity index (χ0n) is 15.1. The number of halogens is 3. The number of aryl methyl sites for hydroxylation is 2. The zero-order valence-corrected chi connectivity index (χ0v) is 15.9. The maximum Gasteiger partial charge on any atom is 0.422 e. The topological polar surface area (TPSA) is 87.9 Å². The Bertz CT molecular complexity index is 897. The molecule has 1 N–H and O–H groups in total. The second kappa shape index (κ2) is 9.41. The zero-order chi connectivity index (χ0) is 20.7. The summed E-state index contributed by atoms with van der Waals surface area (Å²) in [6.45, 7) is 2.16. The summed E-state index contributed by atoms with van der Waals surface area (Å²) < 4.78 is 41.3. The van der Waals surface area contributed by atoms with Crippen LogP contribution < -0.4 is 10.1 Å². The standard InChI is InChI=1S/C18H17F3N4O2S/c1-11-15(7-22)17(25-12(2)24-11)28-9-16(26)23-8-13-4-3-5-14(6-13)27-10-18(19,20)21/h3-6H,8-10H2,1-2H3,(H,23,26). The molecule has 0 aliphatic rings. The molecule has 6 nitrogen and oxygen atoms in total. The molecule has 0 unspecified atom stereocenters. The summed E-state index contributed by atoms with van der Waals surface area (Å²) in [5.41, 5.74) is 1.48. The molecule has 1 aromatic heterocycles. The Morgan fingerprint density at radius 3 is 2.75 bits per heavy atom. The van der Waals surface area contributed by atoms with E-state index in [0.717, 1.165) is 11.8 Å². The Morgan fingerprint density at radius 1 is 1.32 bits per heavy atom. The molecular weight excluding hydrogens is 393 g/mol. The van der Waals surface area contributed by atoms with Gasteiger partial charge in [0.1, 0.15) is 28.2 Å². The fourth-order valence-corrected chi connectivity index (χ4v) is 3.11. The van der Waals surface area contributed by atoms with E-state index in [1.54, 1.807) is 26.0 Å². The molecule has 0 spiro atoms. The van der Waals surface area contributed by atoms with Gasteiger partial charge in [0.05, 0.1) is 11.4 Å². The summed E-state index contributed by atoms with van der Waals surface area (Å²) in [4.78, 5) is 20.4. The molecule has 28 heavy (non-hydrogen) atoms. The number of rotatable bonds is 7. The maximum absolute atomic E-state index is 12.2. The lowest BCUT2D eigenvalue weighted by atomic mass is 10.2. The van der Waals surface area contributed by atoms with Crippen molar-refractivity contribution in [1.82, 2.24) is 15.3 Å². The molecule has 148 valence electrons. The number of nitriles is 1. The van der Waals surface area contributed by atoms with Crippen LogP contribution in [-0.4, -0.2) is 34.4 Å². The first kappa shape index (κ1) is 21.5. The van der Waals surface area contributed by atoms with Gasteiger partial charge in [0, 0.05) is 6.54 Å². The van der Waals surface area contributed by atoms with Gasteiger partial charge in [-0.3, -0.25) is 4.79 Å². The van der Waals surface area contributed by atoms with E-state index in [0.29, 0.717) is 27.7 Å². The number of hydrogen-bond acceptors (Lipinski definition) is 6. The van der Waals surface area contributed by atoms with Crippen molar-refractivity contribution in [2.75, 3.05) is 12.4 Å². The van der Waals surface area contributed by atoms with Gasteiger partial charge in [-0.1, -0.05) is 23.9 Å². The van der Waals surface area contributed by atoms with Gasteiger partial charge in [-0.05, 0) is 31.5 Å². The summed E-state index contributed by atoms with van der Waals surface area (Å²) in [6, 6.07) is 8.09. The van der Waals surface area contributed by atoms with E-state index in [1.165, 1.54) is 12.1 Å². The van der Waals surface area contributed by atoms with Crippen LogP contribution in [0.15, 0.2) is 29.3 Å². The third kappa shape index (κ3) is 6.74. The van der Waals surface area contributed by atoms with Crippen molar-refractivity contribution in [2.24, 2.45) is 0 Å². The van der Waals surface area contributed by atoms with Crippen molar-refractivity contribution < 1.29 is 22.7 Å². The molecule has 0 saturated carbocycles. The average Bonchev–Trinajstić information content (AvgIpc) is 2.62. The molecule has 2 aromatic rings. The second-order valence-corrected chi connectivity index (χ2v) is 6.73. The summed E-state index contributed by atoms with van der Waals surface area (Å²) in [5.74, 6) is 0.318. The largest absolute Gasteiger partial charge is 0.484 e. The number of amides is 1. The number of benzene rings is 1. The molecule has 1 heterocycles. The van der Waals surface area contributed by atoms with Crippen LogP contribution in [0.1, 0.15) is 22.6 Å². The maximum atomic E-state index is 12.2. The SMILES string of the molecule is Cc1nc(C)c(C#N)c(SCC(=O)NCc2cccc(OCC(F)(F)F)c2)n1. The Hall–Kier alpha value is -2.80. The predicted octanol–water partition coefficient (Wildman–Crippen LogP) is 3.31. The number of thioether (sulfide) groups is 1.